The van der Waals surface area contributed by atoms with Crippen LogP contribution >= 0.6 is 0 Å². The molecule has 1 aliphatic heterocycles. The number of carbonyl (C=O) groups is 2. The molecule has 1 saturated heterocycles. The molecule has 2 rings (SSSR count). The van der Waals surface area contributed by atoms with Crippen LogP contribution in [0.1, 0.15) is 28.8 Å². The maximum Gasteiger partial charge on any atom is 0.270 e. The lowest BCUT2D eigenvalue weighted by molar-refractivity contribution is -0.385. The van der Waals surface area contributed by atoms with E-state index in [1.165, 1.54) is 6.92 Å². The highest BCUT2D eigenvalue weighted by atomic mass is 19.1. The van der Waals surface area contributed by atoms with Crippen LogP contribution < -0.4 is 10.6 Å². The second kappa shape index (κ2) is 5.86. The van der Waals surface area contributed by atoms with Crippen LogP contribution in [0, 0.1) is 22.9 Å². The van der Waals surface area contributed by atoms with E-state index in [1.807, 2.05) is 0 Å². The molecule has 1 fully saturated rings. The number of aryl methyl sites for hydroxylation is 1. The minimum absolute atomic E-state index is 0.0336. The van der Waals surface area contributed by atoms with Gasteiger partial charge in [0.05, 0.1) is 10.5 Å². The fourth-order valence-corrected chi connectivity index (χ4v) is 2.14. The number of carbonyl (C=O) groups excluding carboxylic acids is 2. The van der Waals surface area contributed by atoms with E-state index >= 15 is 0 Å². The van der Waals surface area contributed by atoms with Crippen LogP contribution in [0.2, 0.25) is 0 Å². The van der Waals surface area contributed by atoms with E-state index in [9.17, 15) is 24.1 Å². The average Bonchev–Trinajstić information content (AvgIpc) is 2.43. The Morgan fingerprint density at radius 2 is 2.24 bits per heavy atom. The number of amides is 2. The normalized spacial score (nSPS) is 18.0. The molecule has 7 nitrogen and oxygen atoms in total. The summed E-state index contributed by atoms with van der Waals surface area (Å²) in [5.74, 6) is -1.60. The van der Waals surface area contributed by atoms with Crippen molar-refractivity contribution in [1.82, 2.24) is 10.6 Å². The van der Waals surface area contributed by atoms with Crippen molar-refractivity contribution in [3.8, 4) is 0 Å². The number of non-ortho nitro benzene ring substituents is 1. The maximum absolute atomic E-state index is 14.0. The Morgan fingerprint density at radius 3 is 2.81 bits per heavy atom. The van der Waals surface area contributed by atoms with E-state index in [4.69, 9.17) is 0 Å². The highest BCUT2D eigenvalue weighted by Crippen LogP contribution is 2.21. The number of halogens is 1. The Bertz CT molecular complexity index is 608. The third-order valence-electron chi connectivity index (χ3n) is 3.30. The van der Waals surface area contributed by atoms with Crippen LogP contribution in [0.5, 0.6) is 0 Å². The lowest BCUT2D eigenvalue weighted by Gasteiger charge is -2.23. The number of hydrogen-bond acceptors (Lipinski definition) is 4. The van der Waals surface area contributed by atoms with Gasteiger partial charge in [0.1, 0.15) is 5.82 Å². The van der Waals surface area contributed by atoms with Crippen molar-refractivity contribution in [2.45, 2.75) is 25.8 Å². The lowest BCUT2D eigenvalue weighted by Crippen LogP contribution is -2.47. The van der Waals surface area contributed by atoms with Gasteiger partial charge in [-0.25, -0.2) is 4.39 Å². The summed E-state index contributed by atoms with van der Waals surface area (Å²) < 4.78 is 14.0. The van der Waals surface area contributed by atoms with Gasteiger partial charge in [0.2, 0.25) is 5.91 Å². The van der Waals surface area contributed by atoms with Crippen LogP contribution in [0.25, 0.3) is 0 Å². The van der Waals surface area contributed by atoms with Gasteiger partial charge >= 0.3 is 0 Å². The Kier molecular flexibility index (Phi) is 4.15. The van der Waals surface area contributed by atoms with Gasteiger partial charge in [-0.05, 0) is 18.9 Å². The zero-order chi connectivity index (χ0) is 15.6. The number of benzene rings is 1. The molecule has 0 aromatic heterocycles. The molecular weight excluding hydrogens is 281 g/mol. The highest BCUT2D eigenvalue weighted by molar-refractivity contribution is 5.95. The second-order valence-corrected chi connectivity index (χ2v) is 4.89. The first-order valence-electron chi connectivity index (χ1n) is 6.40. The van der Waals surface area contributed by atoms with Gasteiger partial charge in [0.25, 0.3) is 11.6 Å². The topological polar surface area (TPSA) is 101 Å². The molecule has 1 unspecified atom stereocenters. The van der Waals surface area contributed by atoms with Gasteiger partial charge < -0.3 is 10.6 Å². The van der Waals surface area contributed by atoms with E-state index in [1.54, 1.807) is 0 Å². The molecule has 1 aliphatic rings. The van der Waals surface area contributed by atoms with Crippen molar-refractivity contribution < 1.29 is 18.9 Å². The third kappa shape index (κ3) is 3.33. The van der Waals surface area contributed by atoms with Gasteiger partial charge in [-0.3, -0.25) is 19.7 Å². The summed E-state index contributed by atoms with van der Waals surface area (Å²) in [5.41, 5.74) is -0.666. The highest BCUT2D eigenvalue weighted by Gasteiger charge is 2.24. The molecule has 21 heavy (non-hydrogen) atoms. The first-order valence-corrected chi connectivity index (χ1v) is 6.40. The lowest BCUT2D eigenvalue weighted by atomic mass is 10.0. The monoisotopic (exact) mass is 295 g/mol. The van der Waals surface area contributed by atoms with Crippen molar-refractivity contribution >= 4 is 17.5 Å². The first-order chi connectivity index (χ1) is 9.88. The minimum Gasteiger partial charge on any atom is -0.354 e. The Balaban J connectivity index is 2.18. The molecule has 2 amide bonds. The van der Waals surface area contributed by atoms with Gasteiger partial charge in [0.15, 0.2) is 0 Å². The number of nitro groups is 1. The number of nitrogens with one attached hydrogen (secondary N) is 2. The summed E-state index contributed by atoms with van der Waals surface area (Å²) in [6, 6.07) is 1.68. The predicted molar refractivity (Wildman–Crippen MR) is 71.3 cm³/mol. The van der Waals surface area contributed by atoms with Crippen LogP contribution in [0.3, 0.4) is 0 Å². The van der Waals surface area contributed by atoms with Crippen LogP contribution in [-0.4, -0.2) is 29.3 Å². The quantitative estimate of drug-likeness (QED) is 0.642. The van der Waals surface area contributed by atoms with Crippen molar-refractivity contribution in [3.05, 3.63) is 39.2 Å². The van der Waals surface area contributed by atoms with Crippen LogP contribution in [0.15, 0.2) is 12.1 Å². The molecule has 1 atom stereocenters. The van der Waals surface area contributed by atoms with Crippen molar-refractivity contribution in [2.24, 2.45) is 0 Å². The van der Waals surface area contributed by atoms with Gasteiger partial charge in [-0.1, -0.05) is 0 Å². The molecule has 0 bridgehead atoms. The SMILES string of the molecule is Cc1cc([N+](=O)[O-])cc(C(=O)NC2CCC(=O)NC2)c1F. The fourth-order valence-electron chi connectivity index (χ4n) is 2.14. The van der Waals surface area contributed by atoms with E-state index in [0.717, 1.165) is 12.1 Å². The average molecular weight is 295 g/mol. The molecule has 0 aliphatic carbocycles. The van der Waals surface area contributed by atoms with Gasteiger partial charge in [-0.15, -0.1) is 0 Å². The predicted octanol–water partition coefficient (Wildman–Crippen LogP) is 1.05. The Hall–Kier alpha value is -2.51. The summed E-state index contributed by atoms with van der Waals surface area (Å²) in [5, 5.41) is 15.9. The molecular formula is C13H14FN3O4. The molecule has 0 saturated carbocycles. The van der Waals surface area contributed by atoms with E-state index < -0.39 is 16.6 Å². The fraction of sp³-hybridized carbons (Fsp3) is 0.385. The summed E-state index contributed by atoms with van der Waals surface area (Å²) in [4.78, 5) is 33.2. The zero-order valence-electron chi connectivity index (χ0n) is 11.3. The second-order valence-electron chi connectivity index (χ2n) is 4.89. The zero-order valence-corrected chi connectivity index (χ0v) is 11.3. The standard InChI is InChI=1S/C13H14FN3O4/c1-7-4-9(17(20)21)5-10(12(7)14)13(19)16-8-2-3-11(18)15-6-8/h4-5,8H,2-3,6H2,1H3,(H,15,18)(H,16,19). The minimum atomic E-state index is -0.780. The van der Waals surface area contributed by atoms with Gasteiger partial charge in [0, 0.05) is 31.1 Å². The van der Waals surface area contributed by atoms with E-state index in [-0.39, 0.29) is 41.7 Å². The van der Waals surface area contributed by atoms with Crippen LogP contribution in [0.4, 0.5) is 10.1 Å². The molecule has 1 aromatic carbocycles. The van der Waals surface area contributed by atoms with Crippen LogP contribution in [-0.2, 0) is 4.79 Å². The third-order valence-corrected chi connectivity index (χ3v) is 3.30. The van der Waals surface area contributed by atoms with Gasteiger partial charge in [-0.2, -0.15) is 0 Å². The van der Waals surface area contributed by atoms with Crippen molar-refractivity contribution in [1.29, 1.82) is 0 Å². The largest absolute Gasteiger partial charge is 0.354 e. The molecule has 1 heterocycles. The maximum atomic E-state index is 14.0. The summed E-state index contributed by atoms with van der Waals surface area (Å²) >= 11 is 0. The number of rotatable bonds is 3. The van der Waals surface area contributed by atoms with E-state index in [2.05, 4.69) is 10.6 Å². The number of nitrogens with zero attached hydrogens (tertiary/aromatic N) is 1. The van der Waals surface area contributed by atoms with Crippen molar-refractivity contribution in [3.63, 3.8) is 0 Å². The number of hydrogen-bond donors (Lipinski definition) is 2. The number of piperidine rings is 1. The Labute approximate surface area is 119 Å². The molecule has 8 heteroatoms. The smallest absolute Gasteiger partial charge is 0.270 e. The molecule has 0 spiro atoms. The molecule has 2 N–H and O–H groups in total. The summed E-state index contributed by atoms with van der Waals surface area (Å²) in [6.07, 6.45) is 0.731. The molecule has 112 valence electrons. The summed E-state index contributed by atoms with van der Waals surface area (Å²) in [6.45, 7) is 1.63. The number of nitro benzene ring substituents is 1. The van der Waals surface area contributed by atoms with Crippen molar-refractivity contribution in [2.75, 3.05) is 6.54 Å². The first kappa shape index (κ1) is 14.9. The summed E-state index contributed by atoms with van der Waals surface area (Å²) in [7, 11) is 0. The Morgan fingerprint density at radius 1 is 1.52 bits per heavy atom. The molecule has 0 radical (unpaired) electrons. The molecule has 1 aromatic rings. The van der Waals surface area contributed by atoms with E-state index in [0.29, 0.717) is 6.42 Å².